The molecule has 0 atom stereocenters. The number of hydrogen-bond acceptors (Lipinski definition) is 0. The molecular weight excluding hydrogens is 460 g/mol. The van der Waals surface area contributed by atoms with Crippen LogP contribution in [-0.4, -0.2) is 9.13 Å². The molecule has 6 aromatic carbocycles. The van der Waals surface area contributed by atoms with E-state index >= 15 is 0 Å². The summed E-state index contributed by atoms with van der Waals surface area (Å²) < 4.78 is 76.0. The van der Waals surface area contributed by atoms with Crippen LogP contribution in [-0.2, 0) is 0 Å². The summed E-state index contributed by atoms with van der Waals surface area (Å²) in [7, 11) is 0. The number of rotatable bonds is 3. The van der Waals surface area contributed by atoms with Gasteiger partial charge in [0.25, 0.3) is 0 Å². The molecule has 0 saturated heterocycles. The highest BCUT2D eigenvalue weighted by Crippen LogP contribution is 2.35. The third-order valence-electron chi connectivity index (χ3n) is 7.08. The second kappa shape index (κ2) is 8.22. The van der Waals surface area contributed by atoms with Crippen LogP contribution in [0.2, 0.25) is 0 Å². The highest BCUT2D eigenvalue weighted by Gasteiger charge is 2.14. The number of benzene rings is 6. The van der Waals surface area contributed by atoms with Crippen LogP contribution < -0.4 is 0 Å². The van der Waals surface area contributed by atoms with Crippen LogP contribution in [0.5, 0.6) is 0 Å². The van der Waals surface area contributed by atoms with E-state index in [0.717, 1.165) is 21.5 Å². The Labute approximate surface area is 231 Å². The molecule has 0 saturated carbocycles. The van der Waals surface area contributed by atoms with Crippen LogP contribution in [0.1, 0.15) is 11.0 Å². The first kappa shape index (κ1) is 14.6. The lowest BCUT2D eigenvalue weighted by molar-refractivity contribution is 1.17. The molecule has 0 spiro atoms. The first-order valence-electron chi connectivity index (χ1n) is 16.4. The minimum Gasteiger partial charge on any atom is -0.309 e. The van der Waals surface area contributed by atoms with Crippen molar-refractivity contribution in [3.05, 3.63) is 145 Å². The van der Waals surface area contributed by atoms with Crippen molar-refractivity contribution < 1.29 is 11.0 Å². The first-order valence-corrected chi connectivity index (χ1v) is 12.4. The fourth-order valence-electron chi connectivity index (χ4n) is 5.47. The summed E-state index contributed by atoms with van der Waals surface area (Å²) in [5.41, 5.74) is 2.55. The van der Waals surface area contributed by atoms with Gasteiger partial charge in [-0.15, -0.1) is 0 Å². The maximum Gasteiger partial charge on any atom is 0.0651 e. The molecule has 0 aliphatic rings. The van der Waals surface area contributed by atoms with Gasteiger partial charge in [-0.2, -0.15) is 0 Å². The monoisotopic (exact) mass is 492 g/mol. The van der Waals surface area contributed by atoms with Gasteiger partial charge in [0.2, 0.25) is 0 Å². The molecule has 2 nitrogen and oxygen atoms in total. The van der Waals surface area contributed by atoms with E-state index in [1.807, 2.05) is 97.1 Å². The van der Waals surface area contributed by atoms with Crippen LogP contribution in [0.15, 0.2) is 145 Å². The van der Waals surface area contributed by atoms with Gasteiger partial charge in [0.15, 0.2) is 0 Å². The molecule has 0 N–H and O–H groups in total. The van der Waals surface area contributed by atoms with Crippen LogP contribution in [0.3, 0.4) is 0 Å². The Morgan fingerprint density at radius 3 is 1.05 bits per heavy atom. The molecule has 2 aromatic heterocycles. The van der Waals surface area contributed by atoms with Crippen molar-refractivity contribution in [3.8, 4) is 22.5 Å². The zero-order valence-corrected chi connectivity index (χ0v) is 20.1. The van der Waals surface area contributed by atoms with E-state index in [1.165, 1.54) is 0 Å². The Balaban J connectivity index is 1.52. The van der Waals surface area contributed by atoms with Gasteiger partial charge in [0.1, 0.15) is 0 Å². The predicted molar refractivity (Wildman–Crippen MR) is 161 cm³/mol. The first-order chi connectivity index (χ1) is 22.2. The molecule has 38 heavy (non-hydrogen) atoms. The topological polar surface area (TPSA) is 9.86 Å². The van der Waals surface area contributed by atoms with Gasteiger partial charge in [-0.3, -0.25) is 0 Å². The normalized spacial score (nSPS) is 14.6. The van der Waals surface area contributed by atoms with E-state index < -0.39 is 24.2 Å². The van der Waals surface area contributed by atoms with Gasteiger partial charge in [0, 0.05) is 32.9 Å². The number of hydrogen-bond donors (Lipinski definition) is 0. The Bertz CT molecular complexity index is 2300. The van der Waals surface area contributed by atoms with Crippen LogP contribution in [0.4, 0.5) is 0 Å². The SMILES string of the molecule is [2H]c1c([2H])c(-c2c([2H])c([2H])c([2H])c(-n3c4ccccc4c4ccccc43)c2[2H])c([2H])c(-n2c3ccccc3c3ccccc32)c1[2H]. The van der Waals surface area contributed by atoms with E-state index in [-0.39, 0.29) is 46.7 Å². The molecule has 0 aliphatic carbocycles. The second-order valence-corrected chi connectivity index (χ2v) is 9.19. The van der Waals surface area contributed by atoms with Crippen molar-refractivity contribution in [2.24, 2.45) is 0 Å². The number of aromatic nitrogens is 2. The van der Waals surface area contributed by atoms with Gasteiger partial charge in [-0.1, -0.05) is 97.0 Å². The molecule has 178 valence electrons. The van der Waals surface area contributed by atoms with Gasteiger partial charge in [-0.25, -0.2) is 0 Å². The standard InChI is InChI=1S/C36H24N2/c1-5-19-33-29(15-1)30-16-2-6-20-34(30)37(33)27-13-9-11-25(23-27)26-12-10-14-28(24-26)38-35-21-7-3-17-31(35)32-18-4-8-22-36(32)38/h1-24H/i9D,10D,11D,12D,13D,14D,23D,24D. The summed E-state index contributed by atoms with van der Waals surface area (Å²) in [6.45, 7) is 0. The highest BCUT2D eigenvalue weighted by molar-refractivity contribution is 6.10. The lowest BCUT2D eigenvalue weighted by Crippen LogP contribution is -1.95. The number of nitrogens with zero attached hydrogens (tertiary/aromatic N) is 2. The minimum absolute atomic E-state index is 0.0482. The van der Waals surface area contributed by atoms with Crippen molar-refractivity contribution in [2.75, 3.05) is 0 Å². The maximum atomic E-state index is 9.49. The highest BCUT2D eigenvalue weighted by atomic mass is 15.0. The van der Waals surface area contributed by atoms with Crippen molar-refractivity contribution in [1.82, 2.24) is 9.13 Å². The molecule has 0 aliphatic heterocycles. The van der Waals surface area contributed by atoms with Crippen molar-refractivity contribution >= 4 is 43.6 Å². The van der Waals surface area contributed by atoms with Crippen LogP contribution in [0.25, 0.3) is 66.1 Å². The molecule has 2 heterocycles. The average molecular weight is 493 g/mol. The largest absolute Gasteiger partial charge is 0.309 e. The summed E-state index contributed by atoms with van der Waals surface area (Å²) in [5, 5.41) is 3.57. The summed E-state index contributed by atoms with van der Waals surface area (Å²) >= 11 is 0. The molecule has 0 bridgehead atoms. The average Bonchev–Trinajstić information content (AvgIpc) is 3.58. The Morgan fingerprint density at radius 2 is 0.711 bits per heavy atom. The molecule has 0 amide bonds. The quantitative estimate of drug-likeness (QED) is 0.232. The lowest BCUT2D eigenvalue weighted by Gasteiger charge is -2.12. The lowest BCUT2D eigenvalue weighted by atomic mass is 10.0. The van der Waals surface area contributed by atoms with E-state index in [9.17, 15) is 2.74 Å². The number of para-hydroxylation sites is 4. The fraction of sp³-hybridized carbons (Fsp3) is 0. The van der Waals surface area contributed by atoms with Crippen LogP contribution in [0, 0.1) is 0 Å². The van der Waals surface area contributed by atoms with E-state index in [4.69, 9.17) is 8.22 Å². The van der Waals surface area contributed by atoms with Crippen LogP contribution >= 0.6 is 0 Å². The molecular formula is C36H24N2. The van der Waals surface area contributed by atoms with E-state index in [0.29, 0.717) is 22.1 Å². The zero-order valence-electron chi connectivity index (χ0n) is 28.1. The van der Waals surface area contributed by atoms with Gasteiger partial charge in [-0.05, 0) is 59.6 Å². The Morgan fingerprint density at radius 1 is 0.395 bits per heavy atom. The maximum absolute atomic E-state index is 9.49. The smallest absolute Gasteiger partial charge is 0.0651 e. The molecule has 0 unspecified atom stereocenters. The third kappa shape index (κ3) is 3.07. The van der Waals surface area contributed by atoms with Gasteiger partial charge in [0.05, 0.1) is 33.0 Å². The summed E-state index contributed by atoms with van der Waals surface area (Å²) in [6, 6.07) is 27.2. The Kier molecular flexibility index (Phi) is 3.16. The molecule has 8 rings (SSSR count). The second-order valence-electron chi connectivity index (χ2n) is 9.19. The van der Waals surface area contributed by atoms with E-state index in [2.05, 4.69) is 0 Å². The minimum atomic E-state index is -0.480. The molecule has 0 radical (unpaired) electrons. The van der Waals surface area contributed by atoms with E-state index in [1.54, 1.807) is 9.13 Å². The summed E-state index contributed by atoms with van der Waals surface area (Å²) in [5.74, 6) is 0. The predicted octanol–water partition coefficient (Wildman–Crippen LogP) is 9.55. The van der Waals surface area contributed by atoms with Crippen molar-refractivity contribution in [3.63, 3.8) is 0 Å². The fourth-order valence-corrected chi connectivity index (χ4v) is 5.47. The zero-order chi connectivity index (χ0) is 32.0. The van der Waals surface area contributed by atoms with Crippen molar-refractivity contribution in [1.29, 1.82) is 0 Å². The third-order valence-corrected chi connectivity index (χ3v) is 7.08. The van der Waals surface area contributed by atoms with Gasteiger partial charge >= 0.3 is 0 Å². The van der Waals surface area contributed by atoms with Gasteiger partial charge < -0.3 is 9.13 Å². The molecule has 8 aromatic rings. The Hall–Kier alpha value is -5.08. The van der Waals surface area contributed by atoms with Crippen molar-refractivity contribution in [2.45, 2.75) is 0 Å². The summed E-state index contributed by atoms with van der Waals surface area (Å²) in [6.07, 6.45) is 0. The molecule has 0 fully saturated rings. The summed E-state index contributed by atoms with van der Waals surface area (Å²) in [4.78, 5) is 0. The number of fused-ring (bicyclic) bond motifs is 6. The molecule has 2 heteroatoms.